The molecule has 3 aromatic rings. The van der Waals surface area contributed by atoms with Crippen molar-refractivity contribution in [3.05, 3.63) is 78.1 Å². The molecule has 1 N–H and O–H groups in total. The summed E-state index contributed by atoms with van der Waals surface area (Å²) in [5, 5.41) is 7.70. The highest BCUT2D eigenvalue weighted by Gasteiger charge is 2.23. The van der Waals surface area contributed by atoms with Crippen LogP contribution in [0.4, 0.5) is 5.95 Å². The van der Waals surface area contributed by atoms with Gasteiger partial charge < -0.3 is 10.1 Å². The van der Waals surface area contributed by atoms with Gasteiger partial charge in [0.25, 0.3) is 0 Å². The smallest absolute Gasteiger partial charge is 0.226 e. The highest BCUT2D eigenvalue weighted by molar-refractivity contribution is 5.77. The van der Waals surface area contributed by atoms with E-state index in [-0.39, 0.29) is 6.04 Å². The van der Waals surface area contributed by atoms with Crippen LogP contribution in [0.1, 0.15) is 17.2 Å². The third kappa shape index (κ3) is 2.46. The first kappa shape index (κ1) is 13.6. The van der Waals surface area contributed by atoms with Gasteiger partial charge >= 0.3 is 0 Å². The van der Waals surface area contributed by atoms with Gasteiger partial charge in [0.05, 0.1) is 7.11 Å². The normalized spacial score (nSPS) is 16.2. The van der Waals surface area contributed by atoms with E-state index < -0.39 is 0 Å². The molecule has 0 bridgehead atoms. The number of methoxy groups -OCH3 is 1. The van der Waals surface area contributed by atoms with Crippen LogP contribution in [0.5, 0.6) is 5.75 Å². The molecule has 1 aliphatic heterocycles. The zero-order chi connectivity index (χ0) is 15.6. The summed E-state index contributed by atoms with van der Waals surface area (Å²) in [6, 6.07) is 18.2. The van der Waals surface area contributed by atoms with Crippen LogP contribution in [-0.4, -0.2) is 21.9 Å². The Balaban J connectivity index is 1.82. The predicted molar refractivity (Wildman–Crippen MR) is 89.2 cm³/mol. The maximum atomic E-state index is 5.34. The van der Waals surface area contributed by atoms with Crippen LogP contribution in [0.25, 0.3) is 5.70 Å². The van der Waals surface area contributed by atoms with E-state index in [1.807, 2.05) is 41.1 Å². The lowest BCUT2D eigenvalue weighted by molar-refractivity contribution is 0.413. The Bertz CT molecular complexity index is 854. The number of nitrogens with zero attached hydrogens (tertiary/aromatic N) is 3. The molecule has 0 spiro atoms. The summed E-state index contributed by atoms with van der Waals surface area (Å²) in [6.07, 6.45) is 3.73. The van der Waals surface area contributed by atoms with E-state index in [2.05, 4.69) is 39.7 Å². The number of ether oxygens (including phenoxy) is 1. The summed E-state index contributed by atoms with van der Waals surface area (Å²) in [7, 11) is 1.67. The van der Waals surface area contributed by atoms with E-state index in [1.54, 1.807) is 13.4 Å². The van der Waals surface area contributed by atoms with Crippen molar-refractivity contribution in [1.82, 2.24) is 14.8 Å². The van der Waals surface area contributed by atoms with Crippen molar-refractivity contribution in [2.24, 2.45) is 0 Å². The molecule has 4 rings (SSSR count). The van der Waals surface area contributed by atoms with E-state index in [0.29, 0.717) is 0 Å². The second-order valence-electron chi connectivity index (χ2n) is 5.32. The maximum absolute atomic E-state index is 5.34. The first-order chi connectivity index (χ1) is 11.3. The van der Waals surface area contributed by atoms with Crippen LogP contribution in [0, 0.1) is 0 Å². The van der Waals surface area contributed by atoms with Crippen molar-refractivity contribution in [3.8, 4) is 5.75 Å². The molecule has 114 valence electrons. The Morgan fingerprint density at radius 1 is 1.09 bits per heavy atom. The number of hydrogen-bond acceptors (Lipinski definition) is 4. The molecule has 0 unspecified atom stereocenters. The van der Waals surface area contributed by atoms with Gasteiger partial charge in [0, 0.05) is 5.70 Å². The molecule has 1 aromatic heterocycles. The van der Waals surface area contributed by atoms with Crippen molar-refractivity contribution in [2.75, 3.05) is 12.4 Å². The van der Waals surface area contributed by atoms with Crippen LogP contribution >= 0.6 is 0 Å². The average Bonchev–Trinajstić information content (AvgIpc) is 3.10. The number of rotatable bonds is 3. The molecule has 0 radical (unpaired) electrons. The summed E-state index contributed by atoms with van der Waals surface area (Å²) in [5.74, 6) is 1.57. The highest BCUT2D eigenvalue weighted by Crippen LogP contribution is 2.32. The summed E-state index contributed by atoms with van der Waals surface area (Å²) in [4.78, 5) is 4.32. The summed E-state index contributed by atoms with van der Waals surface area (Å²) in [5.41, 5.74) is 3.25. The minimum atomic E-state index is -0.0287. The van der Waals surface area contributed by atoms with E-state index >= 15 is 0 Å². The van der Waals surface area contributed by atoms with Crippen molar-refractivity contribution >= 4 is 11.6 Å². The first-order valence-electron chi connectivity index (χ1n) is 7.43. The molecular weight excluding hydrogens is 288 g/mol. The van der Waals surface area contributed by atoms with Gasteiger partial charge in [0.15, 0.2) is 0 Å². The highest BCUT2D eigenvalue weighted by atomic mass is 16.5. The number of aromatic nitrogens is 3. The molecule has 2 heterocycles. The van der Waals surface area contributed by atoms with Gasteiger partial charge in [-0.3, -0.25) is 0 Å². The number of benzene rings is 2. The monoisotopic (exact) mass is 304 g/mol. The van der Waals surface area contributed by atoms with Gasteiger partial charge in [0.1, 0.15) is 18.1 Å². The number of hydrogen-bond donors (Lipinski definition) is 1. The molecule has 0 saturated heterocycles. The summed E-state index contributed by atoms with van der Waals surface area (Å²) >= 11 is 0. The minimum absolute atomic E-state index is 0.0287. The molecule has 0 aliphatic carbocycles. The van der Waals surface area contributed by atoms with Crippen molar-refractivity contribution < 1.29 is 4.74 Å². The Labute approximate surface area is 134 Å². The van der Waals surface area contributed by atoms with E-state index in [4.69, 9.17) is 4.74 Å². The van der Waals surface area contributed by atoms with E-state index in [0.717, 1.165) is 28.5 Å². The second-order valence-corrected chi connectivity index (χ2v) is 5.32. The molecule has 1 atom stereocenters. The van der Waals surface area contributed by atoms with Crippen LogP contribution in [0.2, 0.25) is 0 Å². The lowest BCUT2D eigenvalue weighted by Crippen LogP contribution is -2.20. The fraction of sp³-hybridized carbons (Fsp3) is 0.111. The van der Waals surface area contributed by atoms with Gasteiger partial charge in [-0.25, -0.2) is 4.68 Å². The predicted octanol–water partition coefficient (Wildman–Crippen LogP) is 3.34. The first-order valence-corrected chi connectivity index (χ1v) is 7.43. The van der Waals surface area contributed by atoms with Gasteiger partial charge in [0.2, 0.25) is 5.95 Å². The fourth-order valence-electron chi connectivity index (χ4n) is 2.78. The number of nitrogens with one attached hydrogen (secondary N) is 1. The molecule has 0 fully saturated rings. The Hall–Kier alpha value is -3.08. The SMILES string of the molecule is COc1cccc([C@@H]2C=C(c3ccccc3)Nc3ncnn32)c1. The van der Waals surface area contributed by atoms with Gasteiger partial charge in [-0.15, -0.1) is 0 Å². The number of allylic oxidation sites excluding steroid dienone is 1. The molecule has 1 aliphatic rings. The third-order valence-corrected chi connectivity index (χ3v) is 3.93. The topological polar surface area (TPSA) is 52.0 Å². The quantitative estimate of drug-likeness (QED) is 0.806. The summed E-state index contributed by atoms with van der Waals surface area (Å²) in [6.45, 7) is 0. The van der Waals surface area contributed by atoms with Gasteiger partial charge in [-0.1, -0.05) is 42.5 Å². The molecule has 0 amide bonds. The van der Waals surface area contributed by atoms with Gasteiger partial charge in [-0.2, -0.15) is 10.1 Å². The standard InChI is InChI=1S/C18H16N4O/c1-23-15-9-5-8-14(10-15)17-11-16(13-6-3-2-4-7-13)21-18-19-12-20-22(17)18/h2-12,17H,1H3,(H,19,20,21)/t17-/m0/s1. The Morgan fingerprint density at radius 2 is 1.96 bits per heavy atom. The van der Waals surface area contributed by atoms with Crippen molar-refractivity contribution in [1.29, 1.82) is 0 Å². The molecule has 5 nitrogen and oxygen atoms in total. The van der Waals surface area contributed by atoms with Crippen LogP contribution in [0.3, 0.4) is 0 Å². The Morgan fingerprint density at radius 3 is 2.78 bits per heavy atom. The molecule has 23 heavy (non-hydrogen) atoms. The van der Waals surface area contributed by atoms with Crippen molar-refractivity contribution in [3.63, 3.8) is 0 Å². The van der Waals surface area contributed by atoms with Gasteiger partial charge in [-0.05, 0) is 29.3 Å². The largest absolute Gasteiger partial charge is 0.497 e. The number of anilines is 1. The molecule has 2 aromatic carbocycles. The maximum Gasteiger partial charge on any atom is 0.226 e. The average molecular weight is 304 g/mol. The van der Waals surface area contributed by atoms with E-state index in [1.165, 1.54) is 0 Å². The Kier molecular flexibility index (Phi) is 3.31. The van der Waals surface area contributed by atoms with Crippen LogP contribution in [0.15, 0.2) is 67.0 Å². The minimum Gasteiger partial charge on any atom is -0.497 e. The lowest BCUT2D eigenvalue weighted by Gasteiger charge is -2.24. The molecular formula is C18H16N4O. The third-order valence-electron chi connectivity index (χ3n) is 3.93. The fourth-order valence-corrected chi connectivity index (χ4v) is 2.78. The summed E-state index contributed by atoms with van der Waals surface area (Å²) < 4.78 is 7.22. The second kappa shape index (κ2) is 5.61. The zero-order valence-electron chi connectivity index (χ0n) is 12.7. The zero-order valence-corrected chi connectivity index (χ0v) is 12.7. The van der Waals surface area contributed by atoms with Crippen molar-refractivity contribution in [2.45, 2.75) is 6.04 Å². The molecule has 5 heteroatoms. The number of fused-ring (bicyclic) bond motifs is 1. The van der Waals surface area contributed by atoms with Crippen LogP contribution < -0.4 is 10.1 Å². The van der Waals surface area contributed by atoms with Crippen LogP contribution in [-0.2, 0) is 0 Å². The van der Waals surface area contributed by atoms with E-state index in [9.17, 15) is 0 Å². The lowest BCUT2D eigenvalue weighted by atomic mass is 10.0. The molecule has 0 saturated carbocycles.